The molecule has 1 fully saturated rings. The molecule has 1 aliphatic carbocycles. The number of amides is 2. The first-order chi connectivity index (χ1) is 9.48. The highest BCUT2D eigenvalue weighted by atomic mass is 16.4. The highest BCUT2D eigenvalue weighted by molar-refractivity contribution is 5.99. The Kier molecular flexibility index (Phi) is 3.74. The SMILES string of the molecule is C[C@@H]1/C(=N/NC(N)=O)CC[C@@]1(C(=O)O)c1ccccc1. The third-order valence-corrected chi connectivity index (χ3v) is 3.99. The fourth-order valence-electron chi connectivity index (χ4n) is 2.87. The fraction of sp³-hybridized carbons (Fsp3) is 0.357. The molecule has 0 spiro atoms. The van der Waals surface area contributed by atoms with Gasteiger partial charge in [-0.25, -0.2) is 10.2 Å². The first-order valence-corrected chi connectivity index (χ1v) is 6.39. The topological polar surface area (TPSA) is 105 Å². The minimum atomic E-state index is -1.00. The molecule has 6 nitrogen and oxygen atoms in total. The zero-order chi connectivity index (χ0) is 14.8. The summed E-state index contributed by atoms with van der Waals surface area (Å²) in [5.74, 6) is -1.19. The van der Waals surface area contributed by atoms with Gasteiger partial charge in [-0.3, -0.25) is 4.79 Å². The van der Waals surface area contributed by atoms with Gasteiger partial charge in [0.05, 0.1) is 0 Å². The molecule has 1 saturated carbocycles. The van der Waals surface area contributed by atoms with Crippen molar-refractivity contribution in [3.05, 3.63) is 35.9 Å². The lowest BCUT2D eigenvalue weighted by Crippen LogP contribution is -2.40. The van der Waals surface area contributed by atoms with Gasteiger partial charge in [0.25, 0.3) is 0 Å². The summed E-state index contributed by atoms with van der Waals surface area (Å²) in [6.07, 6.45) is 0.968. The number of nitrogens with zero attached hydrogens (tertiary/aromatic N) is 1. The molecule has 1 aliphatic rings. The Labute approximate surface area is 116 Å². The van der Waals surface area contributed by atoms with Crippen molar-refractivity contribution in [2.75, 3.05) is 0 Å². The molecule has 0 unspecified atom stereocenters. The first kappa shape index (κ1) is 14.0. The molecule has 106 valence electrons. The summed E-state index contributed by atoms with van der Waals surface area (Å²) >= 11 is 0. The van der Waals surface area contributed by atoms with Crippen LogP contribution in [-0.2, 0) is 10.2 Å². The third-order valence-electron chi connectivity index (χ3n) is 3.99. The minimum Gasteiger partial charge on any atom is -0.481 e. The van der Waals surface area contributed by atoms with Gasteiger partial charge in [-0.15, -0.1) is 0 Å². The van der Waals surface area contributed by atoms with Crippen molar-refractivity contribution in [3.63, 3.8) is 0 Å². The zero-order valence-electron chi connectivity index (χ0n) is 11.2. The molecule has 2 amide bonds. The zero-order valence-corrected chi connectivity index (χ0v) is 11.2. The summed E-state index contributed by atoms with van der Waals surface area (Å²) in [5.41, 5.74) is 7.56. The van der Waals surface area contributed by atoms with Gasteiger partial charge < -0.3 is 10.8 Å². The molecule has 0 bridgehead atoms. The molecule has 20 heavy (non-hydrogen) atoms. The van der Waals surface area contributed by atoms with Gasteiger partial charge >= 0.3 is 12.0 Å². The van der Waals surface area contributed by atoms with E-state index in [1.165, 1.54) is 0 Å². The minimum absolute atomic E-state index is 0.311. The number of nitrogens with one attached hydrogen (secondary N) is 1. The van der Waals surface area contributed by atoms with Crippen LogP contribution in [0.4, 0.5) is 4.79 Å². The molecule has 0 saturated heterocycles. The van der Waals surface area contributed by atoms with Crippen LogP contribution in [0.1, 0.15) is 25.3 Å². The standard InChI is InChI=1S/C14H17N3O3/c1-9-11(16-17-13(15)20)7-8-14(9,12(18)19)10-5-3-2-4-6-10/h2-6,9H,7-8H2,1H3,(H,18,19)(H3,15,17,20)/b16-11+/t9-,14+/m1/s1. The monoisotopic (exact) mass is 275 g/mol. The largest absolute Gasteiger partial charge is 0.481 e. The smallest absolute Gasteiger partial charge is 0.332 e. The van der Waals surface area contributed by atoms with Crippen LogP contribution in [0.2, 0.25) is 0 Å². The maximum absolute atomic E-state index is 11.9. The first-order valence-electron chi connectivity index (χ1n) is 6.39. The summed E-state index contributed by atoms with van der Waals surface area (Å²) in [5, 5.41) is 13.7. The summed E-state index contributed by atoms with van der Waals surface area (Å²) < 4.78 is 0. The van der Waals surface area contributed by atoms with Crippen LogP contribution in [-0.4, -0.2) is 22.8 Å². The van der Waals surface area contributed by atoms with E-state index in [0.717, 1.165) is 5.56 Å². The van der Waals surface area contributed by atoms with Gasteiger partial charge in [0.15, 0.2) is 0 Å². The Morgan fingerprint density at radius 1 is 1.40 bits per heavy atom. The average molecular weight is 275 g/mol. The number of carboxylic acid groups (broad SMARTS) is 1. The van der Waals surface area contributed by atoms with Gasteiger partial charge in [0.1, 0.15) is 5.41 Å². The number of hydrogen-bond donors (Lipinski definition) is 3. The molecule has 4 N–H and O–H groups in total. The lowest BCUT2D eigenvalue weighted by molar-refractivity contribution is -0.144. The number of aliphatic carboxylic acids is 1. The lowest BCUT2D eigenvalue weighted by Gasteiger charge is -2.29. The van der Waals surface area contributed by atoms with Crippen molar-refractivity contribution in [1.29, 1.82) is 0 Å². The fourth-order valence-corrected chi connectivity index (χ4v) is 2.87. The van der Waals surface area contributed by atoms with E-state index in [2.05, 4.69) is 10.5 Å². The Balaban J connectivity index is 2.39. The quantitative estimate of drug-likeness (QED) is 0.727. The van der Waals surface area contributed by atoms with Crippen LogP contribution < -0.4 is 11.2 Å². The van der Waals surface area contributed by atoms with Crippen LogP contribution >= 0.6 is 0 Å². The predicted octanol–water partition coefficient (Wildman–Crippen LogP) is 1.46. The Morgan fingerprint density at radius 3 is 2.60 bits per heavy atom. The number of benzene rings is 1. The highest BCUT2D eigenvalue weighted by Crippen LogP contribution is 2.44. The van der Waals surface area contributed by atoms with E-state index in [1.54, 1.807) is 0 Å². The van der Waals surface area contributed by atoms with Crippen LogP contribution in [0, 0.1) is 5.92 Å². The Bertz CT molecular complexity index is 556. The number of hydrogen-bond acceptors (Lipinski definition) is 3. The van der Waals surface area contributed by atoms with Crippen LogP contribution in [0.3, 0.4) is 0 Å². The number of nitrogens with two attached hydrogens (primary N) is 1. The number of rotatable bonds is 3. The summed E-state index contributed by atoms with van der Waals surface area (Å²) in [4.78, 5) is 22.6. The number of hydrazone groups is 1. The normalized spacial score (nSPS) is 27.4. The molecule has 0 heterocycles. The van der Waals surface area contributed by atoms with Crippen molar-refractivity contribution in [3.8, 4) is 0 Å². The number of primary amides is 1. The highest BCUT2D eigenvalue weighted by Gasteiger charge is 2.51. The van der Waals surface area contributed by atoms with Crippen molar-refractivity contribution in [2.24, 2.45) is 16.8 Å². The van der Waals surface area contributed by atoms with E-state index < -0.39 is 17.4 Å². The second kappa shape index (κ2) is 5.32. The Morgan fingerprint density at radius 2 is 2.05 bits per heavy atom. The van der Waals surface area contributed by atoms with Crippen molar-refractivity contribution < 1.29 is 14.7 Å². The van der Waals surface area contributed by atoms with E-state index in [-0.39, 0.29) is 5.92 Å². The summed E-state index contributed by atoms with van der Waals surface area (Å²) in [6.45, 7) is 1.82. The number of carbonyl (C=O) groups is 2. The second-order valence-electron chi connectivity index (χ2n) is 4.94. The van der Waals surface area contributed by atoms with E-state index >= 15 is 0 Å². The number of urea groups is 1. The molecule has 2 rings (SSSR count). The van der Waals surface area contributed by atoms with Crippen molar-refractivity contribution in [2.45, 2.75) is 25.2 Å². The van der Waals surface area contributed by atoms with Crippen LogP contribution in [0.25, 0.3) is 0 Å². The molecular weight excluding hydrogens is 258 g/mol. The van der Waals surface area contributed by atoms with Gasteiger partial charge in [-0.2, -0.15) is 5.10 Å². The predicted molar refractivity (Wildman–Crippen MR) is 74.3 cm³/mol. The molecule has 1 aromatic rings. The van der Waals surface area contributed by atoms with Gasteiger partial charge in [-0.1, -0.05) is 37.3 Å². The summed E-state index contributed by atoms with van der Waals surface area (Å²) in [6, 6.07) is 8.37. The molecule has 2 atom stereocenters. The van der Waals surface area contributed by atoms with E-state index in [4.69, 9.17) is 5.73 Å². The van der Waals surface area contributed by atoms with Gasteiger partial charge in [0.2, 0.25) is 0 Å². The summed E-state index contributed by atoms with van der Waals surface area (Å²) in [7, 11) is 0. The molecule has 0 aliphatic heterocycles. The van der Waals surface area contributed by atoms with E-state index in [9.17, 15) is 14.7 Å². The average Bonchev–Trinajstić information content (AvgIpc) is 2.75. The lowest BCUT2D eigenvalue weighted by atomic mass is 9.73. The molecule has 0 aromatic heterocycles. The third kappa shape index (κ3) is 2.24. The van der Waals surface area contributed by atoms with Crippen LogP contribution in [0.5, 0.6) is 0 Å². The van der Waals surface area contributed by atoms with E-state index in [1.807, 2.05) is 37.3 Å². The maximum Gasteiger partial charge on any atom is 0.332 e. The molecule has 1 aromatic carbocycles. The van der Waals surface area contributed by atoms with Crippen LogP contribution in [0.15, 0.2) is 35.4 Å². The number of carboxylic acids is 1. The second-order valence-corrected chi connectivity index (χ2v) is 4.94. The number of carbonyl (C=O) groups excluding carboxylic acids is 1. The molecular formula is C14H17N3O3. The van der Waals surface area contributed by atoms with Gasteiger partial charge in [-0.05, 0) is 18.4 Å². The molecule has 6 heteroatoms. The van der Waals surface area contributed by atoms with Crippen molar-refractivity contribution >= 4 is 17.7 Å². The molecule has 0 radical (unpaired) electrons. The maximum atomic E-state index is 11.9. The Hall–Kier alpha value is -2.37. The van der Waals surface area contributed by atoms with E-state index in [0.29, 0.717) is 18.6 Å². The van der Waals surface area contributed by atoms with Crippen molar-refractivity contribution in [1.82, 2.24) is 5.43 Å². The van der Waals surface area contributed by atoms with Gasteiger partial charge in [0, 0.05) is 11.6 Å².